The number of benzene rings is 1. The minimum absolute atomic E-state index is 0.0269. The van der Waals surface area contributed by atoms with E-state index in [0.717, 1.165) is 10.6 Å². The van der Waals surface area contributed by atoms with E-state index >= 15 is 0 Å². The van der Waals surface area contributed by atoms with Gasteiger partial charge in [0.05, 0.1) is 32.0 Å². The Morgan fingerprint density at radius 2 is 2.10 bits per heavy atom. The van der Waals surface area contributed by atoms with Gasteiger partial charge in [-0.15, -0.1) is 11.8 Å². The van der Waals surface area contributed by atoms with Gasteiger partial charge in [0, 0.05) is 23.4 Å². The van der Waals surface area contributed by atoms with Crippen molar-refractivity contribution >= 4 is 17.4 Å². The molecule has 3 N–H and O–H groups in total. The summed E-state index contributed by atoms with van der Waals surface area (Å²) in [5, 5.41) is 9.93. The number of hydrogen-bond acceptors (Lipinski definition) is 6. The Hall–Kier alpha value is -0.950. The number of anilines is 1. The van der Waals surface area contributed by atoms with E-state index in [1.165, 1.54) is 11.8 Å². The molecular weight excluding hydrogens is 290 g/mol. The smallest absolute Gasteiger partial charge is 0.120 e. The Kier molecular flexibility index (Phi) is 8.52. The largest absolute Gasteiger partial charge is 0.494 e. The van der Waals surface area contributed by atoms with Crippen molar-refractivity contribution in [2.24, 2.45) is 0 Å². The Morgan fingerprint density at radius 1 is 1.33 bits per heavy atom. The summed E-state index contributed by atoms with van der Waals surface area (Å²) in [5.41, 5.74) is 6.61. The second kappa shape index (κ2) is 9.89. The maximum atomic E-state index is 9.93. The number of methoxy groups -OCH3 is 1. The lowest BCUT2D eigenvalue weighted by molar-refractivity contribution is -0.0257. The molecule has 120 valence electrons. The molecule has 0 fully saturated rings. The van der Waals surface area contributed by atoms with Crippen LogP contribution in [-0.2, 0) is 9.47 Å². The first-order chi connectivity index (χ1) is 10.1. The average Bonchev–Trinajstić information content (AvgIpc) is 2.46. The Bertz CT molecular complexity index is 417. The first-order valence-corrected chi connectivity index (χ1v) is 7.99. The third-order valence-electron chi connectivity index (χ3n) is 2.70. The Balaban J connectivity index is 2.41. The van der Waals surface area contributed by atoms with Crippen LogP contribution in [0, 0.1) is 0 Å². The minimum Gasteiger partial charge on any atom is -0.494 e. The number of aliphatic hydroxyl groups is 1. The summed E-state index contributed by atoms with van der Waals surface area (Å²) in [7, 11) is 1.63. The summed E-state index contributed by atoms with van der Waals surface area (Å²) in [4.78, 5) is 0.907. The van der Waals surface area contributed by atoms with Crippen molar-refractivity contribution in [2.45, 2.75) is 31.0 Å². The highest BCUT2D eigenvalue weighted by atomic mass is 32.2. The number of nitrogens with two attached hydrogens (primary N) is 1. The quantitative estimate of drug-likeness (QED) is 0.509. The zero-order valence-corrected chi connectivity index (χ0v) is 13.7. The van der Waals surface area contributed by atoms with Gasteiger partial charge in [0.25, 0.3) is 0 Å². The van der Waals surface area contributed by atoms with Gasteiger partial charge in [0.2, 0.25) is 0 Å². The van der Waals surface area contributed by atoms with Crippen molar-refractivity contribution in [3.63, 3.8) is 0 Å². The normalized spacial score (nSPS) is 13.9. The lowest BCUT2D eigenvalue weighted by Crippen LogP contribution is -2.24. The molecule has 5 nitrogen and oxygen atoms in total. The van der Waals surface area contributed by atoms with E-state index in [-0.39, 0.29) is 12.7 Å². The van der Waals surface area contributed by atoms with Crippen molar-refractivity contribution in [1.82, 2.24) is 0 Å². The molecule has 0 amide bonds. The van der Waals surface area contributed by atoms with Crippen molar-refractivity contribution in [3.8, 4) is 5.75 Å². The van der Waals surface area contributed by atoms with Gasteiger partial charge in [0.1, 0.15) is 5.75 Å². The van der Waals surface area contributed by atoms with Gasteiger partial charge in [-0.1, -0.05) is 0 Å². The van der Waals surface area contributed by atoms with E-state index in [9.17, 15) is 5.11 Å². The summed E-state index contributed by atoms with van der Waals surface area (Å²) >= 11 is 1.49. The maximum absolute atomic E-state index is 9.93. The van der Waals surface area contributed by atoms with E-state index in [2.05, 4.69) is 0 Å². The highest BCUT2D eigenvalue weighted by Crippen LogP contribution is 2.29. The summed E-state index contributed by atoms with van der Waals surface area (Å²) in [5.74, 6) is 1.30. The van der Waals surface area contributed by atoms with Crippen LogP contribution >= 0.6 is 11.8 Å². The zero-order valence-electron chi connectivity index (χ0n) is 12.9. The minimum atomic E-state index is -0.551. The molecule has 2 atom stereocenters. The van der Waals surface area contributed by atoms with Crippen LogP contribution < -0.4 is 10.5 Å². The number of aliphatic hydroxyl groups excluding tert-OH is 1. The lowest BCUT2D eigenvalue weighted by Gasteiger charge is -2.16. The fraction of sp³-hybridized carbons (Fsp3) is 0.600. The van der Waals surface area contributed by atoms with Crippen molar-refractivity contribution in [3.05, 3.63) is 18.2 Å². The molecule has 0 aliphatic heterocycles. The topological polar surface area (TPSA) is 73.9 Å². The van der Waals surface area contributed by atoms with Crippen LogP contribution in [0.2, 0.25) is 0 Å². The van der Waals surface area contributed by atoms with Crippen LogP contribution in [0.4, 0.5) is 5.69 Å². The summed E-state index contributed by atoms with van der Waals surface area (Å²) in [6.07, 6.45) is -0.578. The van der Waals surface area contributed by atoms with Gasteiger partial charge in [0.15, 0.2) is 0 Å². The summed E-state index contributed by atoms with van der Waals surface area (Å²) in [6.45, 7) is 5.26. The van der Waals surface area contributed by atoms with Gasteiger partial charge in [-0.25, -0.2) is 0 Å². The van der Waals surface area contributed by atoms with E-state index < -0.39 is 6.10 Å². The maximum Gasteiger partial charge on any atom is 0.120 e. The molecule has 0 bridgehead atoms. The van der Waals surface area contributed by atoms with Gasteiger partial charge >= 0.3 is 0 Å². The predicted molar refractivity (Wildman–Crippen MR) is 86.0 cm³/mol. The molecule has 0 aliphatic carbocycles. The monoisotopic (exact) mass is 315 g/mol. The molecule has 1 rings (SSSR count). The van der Waals surface area contributed by atoms with Crippen molar-refractivity contribution in [1.29, 1.82) is 0 Å². The number of thioether (sulfide) groups is 1. The lowest BCUT2D eigenvalue weighted by atomic mass is 10.3. The van der Waals surface area contributed by atoms with Crippen molar-refractivity contribution in [2.75, 3.05) is 38.4 Å². The van der Waals surface area contributed by atoms with Crippen LogP contribution in [0.15, 0.2) is 23.1 Å². The van der Waals surface area contributed by atoms with E-state index in [1.54, 1.807) is 7.11 Å². The van der Waals surface area contributed by atoms with E-state index in [0.29, 0.717) is 24.7 Å². The molecule has 0 radical (unpaired) electrons. The fourth-order valence-corrected chi connectivity index (χ4v) is 2.59. The zero-order chi connectivity index (χ0) is 15.7. The highest BCUT2D eigenvalue weighted by Gasteiger charge is 2.10. The third-order valence-corrected chi connectivity index (χ3v) is 3.92. The molecule has 0 aliphatic rings. The SMILES string of the molecule is CCOc1ccc(N)c(SCC(O)COC(C)COC)c1. The molecule has 1 aromatic rings. The molecule has 0 saturated carbocycles. The van der Waals surface area contributed by atoms with Gasteiger partial charge in [-0.05, 0) is 32.0 Å². The van der Waals surface area contributed by atoms with Crippen LogP contribution in [0.3, 0.4) is 0 Å². The summed E-state index contributed by atoms with van der Waals surface area (Å²) in [6, 6.07) is 5.55. The van der Waals surface area contributed by atoms with E-state index in [1.807, 2.05) is 32.0 Å². The van der Waals surface area contributed by atoms with Crippen LogP contribution in [-0.4, -0.2) is 50.0 Å². The molecule has 0 saturated heterocycles. The Labute approximate surface area is 130 Å². The average molecular weight is 315 g/mol. The number of ether oxygens (including phenoxy) is 3. The van der Waals surface area contributed by atoms with Crippen LogP contribution in [0.5, 0.6) is 5.75 Å². The predicted octanol–water partition coefficient (Wildman–Crippen LogP) is 2.17. The van der Waals surface area contributed by atoms with Crippen LogP contribution in [0.1, 0.15) is 13.8 Å². The van der Waals surface area contributed by atoms with Crippen LogP contribution in [0.25, 0.3) is 0 Å². The first kappa shape index (κ1) is 18.1. The first-order valence-electron chi connectivity index (χ1n) is 7.00. The molecule has 0 aromatic heterocycles. The molecule has 2 unspecified atom stereocenters. The summed E-state index contributed by atoms with van der Waals surface area (Å²) < 4.78 is 15.9. The van der Waals surface area contributed by atoms with Gasteiger partial charge in [-0.3, -0.25) is 0 Å². The molecule has 21 heavy (non-hydrogen) atoms. The standard InChI is InChI=1S/C15H25NO4S/c1-4-19-13-5-6-14(16)15(7-13)21-10-12(17)9-20-11(2)8-18-3/h5-7,11-12,17H,4,8-10,16H2,1-3H3. The number of nitrogen functional groups attached to an aromatic ring is 1. The number of rotatable bonds is 10. The van der Waals surface area contributed by atoms with Crippen molar-refractivity contribution < 1.29 is 19.3 Å². The second-order valence-corrected chi connectivity index (χ2v) is 5.76. The molecule has 0 spiro atoms. The molecule has 1 aromatic carbocycles. The molecule has 6 heteroatoms. The van der Waals surface area contributed by atoms with E-state index in [4.69, 9.17) is 19.9 Å². The van der Waals surface area contributed by atoms with Gasteiger partial charge < -0.3 is 25.1 Å². The molecule has 0 heterocycles. The molecular formula is C15H25NO4S. The third kappa shape index (κ3) is 7.04. The Morgan fingerprint density at radius 3 is 2.76 bits per heavy atom. The van der Waals surface area contributed by atoms with Gasteiger partial charge in [-0.2, -0.15) is 0 Å². The fourth-order valence-electron chi connectivity index (χ4n) is 1.69. The number of hydrogen-bond donors (Lipinski definition) is 2. The highest BCUT2D eigenvalue weighted by molar-refractivity contribution is 7.99. The second-order valence-electron chi connectivity index (χ2n) is 4.70.